The average Bonchev–Trinajstić information content (AvgIpc) is 3.20. The largest absolute Gasteiger partial charge is 0.486 e. The van der Waals surface area contributed by atoms with Gasteiger partial charge in [0.2, 0.25) is 0 Å². The predicted octanol–water partition coefficient (Wildman–Crippen LogP) is 4.00. The van der Waals surface area contributed by atoms with Gasteiger partial charge in [-0.05, 0) is 75.2 Å². The van der Waals surface area contributed by atoms with Gasteiger partial charge in [-0.2, -0.15) is 5.10 Å². The second kappa shape index (κ2) is 8.73. The number of hydrogen-bond donors (Lipinski definition) is 0. The van der Waals surface area contributed by atoms with Gasteiger partial charge in [0, 0.05) is 35.8 Å². The van der Waals surface area contributed by atoms with Crippen molar-refractivity contribution in [3.05, 3.63) is 71.0 Å². The van der Waals surface area contributed by atoms with E-state index < -0.39 is 0 Å². The van der Waals surface area contributed by atoms with Crippen LogP contribution in [0.5, 0.6) is 11.5 Å². The number of likely N-dealkylation sites (tertiary alicyclic amines) is 1. The third-order valence-corrected chi connectivity index (χ3v) is 6.35. The van der Waals surface area contributed by atoms with Crippen LogP contribution in [0.15, 0.2) is 48.5 Å². The number of carbonyl (C=O) groups excluding carboxylic acids is 2. The molecule has 0 bridgehead atoms. The first-order chi connectivity index (χ1) is 16.0. The van der Waals surface area contributed by atoms with Crippen LogP contribution in [0, 0.1) is 19.8 Å². The van der Waals surface area contributed by atoms with Gasteiger partial charge >= 0.3 is 0 Å². The van der Waals surface area contributed by atoms with Crippen LogP contribution in [0.4, 0.5) is 0 Å². The van der Waals surface area contributed by atoms with Crippen molar-refractivity contribution in [2.75, 3.05) is 26.3 Å². The lowest BCUT2D eigenvalue weighted by Crippen LogP contribution is -2.40. The number of hydrogen-bond acceptors (Lipinski definition) is 5. The lowest BCUT2D eigenvalue weighted by Gasteiger charge is -2.31. The molecule has 2 aliphatic rings. The van der Waals surface area contributed by atoms with Crippen LogP contribution in [0.3, 0.4) is 0 Å². The number of aromatic nitrogens is 2. The van der Waals surface area contributed by atoms with Crippen molar-refractivity contribution in [3.8, 4) is 17.2 Å². The summed E-state index contributed by atoms with van der Waals surface area (Å²) >= 11 is 0. The van der Waals surface area contributed by atoms with Gasteiger partial charge in [-0.25, -0.2) is 4.68 Å². The molecule has 33 heavy (non-hydrogen) atoms. The number of nitrogens with zero attached hydrogens (tertiary/aromatic N) is 3. The maximum Gasteiger partial charge on any atom is 0.253 e. The molecule has 0 unspecified atom stereocenters. The Morgan fingerprint density at radius 2 is 1.55 bits per heavy atom. The number of aryl methyl sites for hydroxylation is 2. The van der Waals surface area contributed by atoms with Gasteiger partial charge in [-0.1, -0.05) is 0 Å². The standard InChI is InChI=1S/C26H27N3O4/c1-17-15-18(2)29(27-17)22-6-3-20(4-7-22)26(31)28-11-9-19(10-12-28)25(30)21-5-8-23-24(16-21)33-14-13-32-23/h3-8,15-16,19H,9-14H2,1-2H3. The van der Waals surface area contributed by atoms with Gasteiger partial charge in [0.05, 0.1) is 11.4 Å². The van der Waals surface area contributed by atoms with Crippen molar-refractivity contribution in [1.82, 2.24) is 14.7 Å². The third kappa shape index (κ3) is 4.23. The van der Waals surface area contributed by atoms with E-state index in [4.69, 9.17) is 9.47 Å². The van der Waals surface area contributed by atoms with E-state index in [9.17, 15) is 9.59 Å². The molecule has 0 radical (unpaired) electrons. The van der Waals surface area contributed by atoms with E-state index in [0.29, 0.717) is 61.8 Å². The fraction of sp³-hybridized carbons (Fsp3) is 0.346. The van der Waals surface area contributed by atoms with E-state index >= 15 is 0 Å². The number of rotatable bonds is 4. The molecule has 170 valence electrons. The Morgan fingerprint density at radius 1 is 0.879 bits per heavy atom. The number of ether oxygens (including phenoxy) is 2. The fourth-order valence-corrected chi connectivity index (χ4v) is 4.60. The normalized spacial score (nSPS) is 16.0. The zero-order chi connectivity index (χ0) is 22.9. The molecule has 1 aromatic heterocycles. The highest BCUT2D eigenvalue weighted by Crippen LogP contribution is 2.32. The van der Waals surface area contributed by atoms with Crippen molar-refractivity contribution < 1.29 is 19.1 Å². The van der Waals surface area contributed by atoms with Crippen LogP contribution in [0.25, 0.3) is 5.69 Å². The van der Waals surface area contributed by atoms with Crippen LogP contribution in [-0.2, 0) is 0 Å². The molecule has 2 aromatic carbocycles. The molecule has 0 atom stereocenters. The summed E-state index contributed by atoms with van der Waals surface area (Å²) in [6, 6.07) is 14.9. The number of carbonyl (C=O) groups is 2. The van der Waals surface area contributed by atoms with Crippen LogP contribution >= 0.6 is 0 Å². The molecule has 1 saturated heterocycles. The minimum absolute atomic E-state index is 0.000135. The van der Waals surface area contributed by atoms with Gasteiger partial charge in [0.1, 0.15) is 13.2 Å². The van der Waals surface area contributed by atoms with Crippen LogP contribution in [0.2, 0.25) is 0 Å². The minimum Gasteiger partial charge on any atom is -0.486 e. The molecule has 0 saturated carbocycles. The Kier molecular flexibility index (Phi) is 5.62. The Bertz CT molecular complexity index is 1190. The van der Waals surface area contributed by atoms with E-state index in [1.165, 1.54) is 0 Å². The molecule has 7 nitrogen and oxygen atoms in total. The van der Waals surface area contributed by atoms with E-state index in [1.54, 1.807) is 18.2 Å². The maximum atomic E-state index is 13.0. The van der Waals surface area contributed by atoms with E-state index in [1.807, 2.05) is 53.8 Å². The summed E-state index contributed by atoms with van der Waals surface area (Å²) < 4.78 is 13.0. The summed E-state index contributed by atoms with van der Waals surface area (Å²) in [5, 5.41) is 4.49. The van der Waals surface area contributed by atoms with Crippen molar-refractivity contribution in [3.63, 3.8) is 0 Å². The Balaban J connectivity index is 1.21. The molecular weight excluding hydrogens is 418 g/mol. The number of fused-ring (bicyclic) bond motifs is 1. The second-order valence-electron chi connectivity index (χ2n) is 8.67. The Hall–Kier alpha value is -3.61. The van der Waals surface area contributed by atoms with Gasteiger partial charge in [-0.15, -0.1) is 0 Å². The predicted molar refractivity (Wildman–Crippen MR) is 123 cm³/mol. The number of amides is 1. The topological polar surface area (TPSA) is 73.7 Å². The first kappa shape index (κ1) is 21.2. The lowest BCUT2D eigenvalue weighted by atomic mass is 9.88. The molecule has 2 aliphatic heterocycles. The van der Waals surface area contributed by atoms with Crippen molar-refractivity contribution in [2.45, 2.75) is 26.7 Å². The summed E-state index contributed by atoms with van der Waals surface area (Å²) in [5.74, 6) is 1.32. The molecule has 0 N–H and O–H groups in total. The van der Waals surface area contributed by atoms with Crippen molar-refractivity contribution >= 4 is 11.7 Å². The number of ketones is 1. The quantitative estimate of drug-likeness (QED) is 0.568. The zero-order valence-electron chi connectivity index (χ0n) is 18.9. The van der Waals surface area contributed by atoms with Crippen LogP contribution in [-0.4, -0.2) is 52.7 Å². The molecule has 1 amide bonds. The zero-order valence-corrected chi connectivity index (χ0v) is 18.9. The van der Waals surface area contributed by atoms with Gasteiger partial charge in [0.25, 0.3) is 5.91 Å². The Morgan fingerprint density at radius 3 is 2.21 bits per heavy atom. The SMILES string of the molecule is Cc1cc(C)n(-c2ccc(C(=O)N3CCC(C(=O)c4ccc5c(c4)OCCO5)CC3)cc2)n1. The molecular formula is C26H27N3O4. The highest BCUT2D eigenvalue weighted by molar-refractivity contribution is 5.99. The smallest absolute Gasteiger partial charge is 0.253 e. The van der Waals surface area contributed by atoms with E-state index in [2.05, 4.69) is 5.10 Å². The third-order valence-electron chi connectivity index (χ3n) is 6.35. The number of Topliss-reactive ketones (excluding diaryl/α,β-unsaturated/α-hetero) is 1. The summed E-state index contributed by atoms with van der Waals surface area (Å²) in [6.07, 6.45) is 1.31. The van der Waals surface area contributed by atoms with Crippen molar-refractivity contribution in [2.24, 2.45) is 5.92 Å². The number of benzene rings is 2. The van der Waals surface area contributed by atoms with Crippen LogP contribution in [0.1, 0.15) is 44.9 Å². The molecule has 7 heteroatoms. The first-order valence-corrected chi connectivity index (χ1v) is 11.4. The molecule has 3 heterocycles. The summed E-state index contributed by atoms with van der Waals surface area (Å²) in [5.41, 5.74) is 4.24. The molecule has 1 fully saturated rings. The fourth-order valence-electron chi connectivity index (χ4n) is 4.60. The van der Waals surface area contributed by atoms with Crippen molar-refractivity contribution in [1.29, 1.82) is 0 Å². The summed E-state index contributed by atoms with van der Waals surface area (Å²) in [4.78, 5) is 27.9. The average molecular weight is 446 g/mol. The maximum absolute atomic E-state index is 13.0. The minimum atomic E-state index is -0.0926. The second-order valence-corrected chi connectivity index (χ2v) is 8.67. The monoisotopic (exact) mass is 445 g/mol. The van der Waals surface area contributed by atoms with E-state index in [0.717, 1.165) is 17.1 Å². The first-order valence-electron chi connectivity index (χ1n) is 11.4. The van der Waals surface area contributed by atoms with E-state index in [-0.39, 0.29) is 17.6 Å². The molecule has 5 rings (SSSR count). The molecule has 0 aliphatic carbocycles. The number of piperidine rings is 1. The van der Waals surface area contributed by atoms with Gasteiger partial charge in [0.15, 0.2) is 17.3 Å². The molecule has 0 spiro atoms. The highest BCUT2D eigenvalue weighted by atomic mass is 16.6. The highest BCUT2D eigenvalue weighted by Gasteiger charge is 2.29. The lowest BCUT2D eigenvalue weighted by molar-refractivity contribution is 0.0650. The van der Waals surface area contributed by atoms with Gasteiger partial charge in [-0.3, -0.25) is 9.59 Å². The summed E-state index contributed by atoms with van der Waals surface area (Å²) in [7, 11) is 0. The summed E-state index contributed by atoms with van der Waals surface area (Å²) in [6.45, 7) is 6.13. The van der Waals surface area contributed by atoms with Gasteiger partial charge < -0.3 is 14.4 Å². The Labute approximate surface area is 192 Å². The molecule has 3 aromatic rings. The van der Waals surface area contributed by atoms with Crippen LogP contribution < -0.4 is 9.47 Å².